The molecule has 0 saturated heterocycles. The molecule has 3 rings (SSSR count). The lowest BCUT2D eigenvalue weighted by Gasteiger charge is -2.18. The first kappa shape index (κ1) is 22.0. The van der Waals surface area contributed by atoms with Gasteiger partial charge < -0.3 is 4.74 Å². The molecule has 6 nitrogen and oxygen atoms in total. The monoisotopic (exact) mass is 542 g/mol. The number of methoxy groups -OCH3 is 1. The van der Waals surface area contributed by atoms with Gasteiger partial charge in [0.05, 0.1) is 29.0 Å². The van der Waals surface area contributed by atoms with Crippen LogP contribution in [0.15, 0.2) is 50.1 Å². The third-order valence-electron chi connectivity index (χ3n) is 4.80. The summed E-state index contributed by atoms with van der Waals surface area (Å²) in [7, 11) is -2.01. The summed E-state index contributed by atoms with van der Waals surface area (Å²) in [6.45, 7) is 3.48. The molecule has 0 aliphatic carbocycles. The summed E-state index contributed by atoms with van der Waals surface area (Å²) >= 11 is 6.83. The zero-order valence-corrected chi connectivity index (χ0v) is 20.1. The number of aromatic nitrogens is 2. The molecule has 29 heavy (non-hydrogen) atoms. The Hall–Kier alpha value is -1.71. The smallest absolute Gasteiger partial charge is 0.266 e. The van der Waals surface area contributed by atoms with Crippen molar-refractivity contribution < 1.29 is 13.2 Å². The van der Waals surface area contributed by atoms with Gasteiger partial charge in [-0.1, -0.05) is 35.0 Å². The highest BCUT2D eigenvalue weighted by molar-refractivity contribution is 9.11. The molecule has 1 atom stereocenters. The molecular formula is C20H20Br2N2O4S. The second-order valence-electron chi connectivity index (χ2n) is 6.65. The van der Waals surface area contributed by atoms with E-state index in [1.165, 1.54) is 11.7 Å². The lowest BCUT2D eigenvalue weighted by molar-refractivity contribution is 0.412. The van der Waals surface area contributed by atoms with E-state index in [1.807, 2.05) is 6.92 Å². The van der Waals surface area contributed by atoms with Crippen molar-refractivity contribution in [1.82, 2.24) is 9.55 Å². The molecule has 154 valence electrons. The van der Waals surface area contributed by atoms with Gasteiger partial charge in [-0.25, -0.2) is 13.4 Å². The second-order valence-corrected chi connectivity index (χ2v) is 10.8. The lowest BCUT2D eigenvalue weighted by Crippen LogP contribution is -2.28. The average molecular weight is 544 g/mol. The zero-order valence-electron chi connectivity index (χ0n) is 16.1. The molecule has 1 aromatic heterocycles. The van der Waals surface area contributed by atoms with Gasteiger partial charge in [-0.3, -0.25) is 9.36 Å². The van der Waals surface area contributed by atoms with E-state index in [9.17, 15) is 13.2 Å². The molecule has 1 heterocycles. The summed E-state index contributed by atoms with van der Waals surface area (Å²) in [5.41, 5.74) is 0.495. The van der Waals surface area contributed by atoms with Crippen LogP contribution in [0, 0.1) is 0 Å². The number of rotatable bonds is 6. The van der Waals surface area contributed by atoms with Crippen LogP contribution in [0.1, 0.15) is 26.1 Å². The minimum atomic E-state index is -3.51. The topological polar surface area (TPSA) is 78.3 Å². The maximum absolute atomic E-state index is 13.5. The molecule has 3 aromatic rings. The Kier molecular flexibility index (Phi) is 6.50. The number of nitrogens with zero attached hydrogens (tertiary/aromatic N) is 2. The molecule has 0 radical (unpaired) electrons. The van der Waals surface area contributed by atoms with Crippen LogP contribution in [-0.4, -0.2) is 30.3 Å². The number of halogens is 2. The molecule has 0 aliphatic rings. The van der Waals surface area contributed by atoms with E-state index in [4.69, 9.17) is 4.74 Å². The van der Waals surface area contributed by atoms with Crippen LogP contribution in [0.4, 0.5) is 0 Å². The van der Waals surface area contributed by atoms with Crippen molar-refractivity contribution in [3.8, 4) is 11.4 Å². The van der Waals surface area contributed by atoms with E-state index >= 15 is 0 Å². The second kappa shape index (κ2) is 8.57. The first-order valence-electron chi connectivity index (χ1n) is 8.95. The van der Waals surface area contributed by atoms with Gasteiger partial charge in [0, 0.05) is 8.95 Å². The van der Waals surface area contributed by atoms with Gasteiger partial charge in [0.25, 0.3) is 5.56 Å². The predicted octanol–water partition coefficient (Wildman–Crippen LogP) is 4.63. The number of hydrogen-bond acceptors (Lipinski definition) is 5. The highest BCUT2D eigenvalue weighted by Gasteiger charge is 2.25. The van der Waals surface area contributed by atoms with Gasteiger partial charge in [0.1, 0.15) is 17.3 Å². The van der Waals surface area contributed by atoms with Gasteiger partial charge in [0.2, 0.25) is 0 Å². The fraction of sp³-hybridized carbons (Fsp3) is 0.300. The van der Waals surface area contributed by atoms with E-state index in [0.717, 1.165) is 0 Å². The van der Waals surface area contributed by atoms with Crippen LogP contribution in [0.3, 0.4) is 0 Å². The van der Waals surface area contributed by atoms with Crippen LogP contribution in [-0.2, 0) is 15.6 Å². The Morgan fingerprint density at radius 2 is 1.90 bits per heavy atom. The Labute approximate surface area is 186 Å². The van der Waals surface area contributed by atoms with Crippen molar-refractivity contribution in [3.63, 3.8) is 0 Å². The number of para-hydroxylation sites is 2. The molecule has 0 fully saturated rings. The van der Waals surface area contributed by atoms with E-state index in [2.05, 4.69) is 36.8 Å². The van der Waals surface area contributed by atoms with Crippen molar-refractivity contribution in [2.75, 3.05) is 7.11 Å². The third-order valence-corrected chi connectivity index (χ3v) is 8.09. The van der Waals surface area contributed by atoms with E-state index < -0.39 is 15.1 Å². The average Bonchev–Trinajstić information content (AvgIpc) is 2.68. The summed E-state index contributed by atoms with van der Waals surface area (Å²) in [4.78, 5) is 18.1. The summed E-state index contributed by atoms with van der Waals surface area (Å²) in [6.07, 6.45) is 0.478. The van der Waals surface area contributed by atoms with Gasteiger partial charge in [0.15, 0.2) is 9.84 Å². The third kappa shape index (κ3) is 4.27. The number of sulfone groups is 1. The van der Waals surface area contributed by atoms with Gasteiger partial charge in [-0.15, -0.1) is 0 Å². The molecule has 0 saturated carbocycles. The maximum atomic E-state index is 13.5. The first-order chi connectivity index (χ1) is 13.7. The summed E-state index contributed by atoms with van der Waals surface area (Å²) < 4.78 is 33.8. The van der Waals surface area contributed by atoms with Crippen molar-refractivity contribution in [2.45, 2.75) is 31.3 Å². The molecule has 9 heteroatoms. The molecule has 0 spiro atoms. The van der Waals surface area contributed by atoms with Crippen LogP contribution >= 0.6 is 31.9 Å². The summed E-state index contributed by atoms with van der Waals surface area (Å²) in [6, 6.07) is 10.4. The maximum Gasteiger partial charge on any atom is 0.266 e. The highest BCUT2D eigenvalue weighted by atomic mass is 79.9. The van der Waals surface area contributed by atoms with Crippen molar-refractivity contribution in [3.05, 3.63) is 61.5 Å². The fourth-order valence-electron chi connectivity index (χ4n) is 3.00. The van der Waals surface area contributed by atoms with E-state index in [0.29, 0.717) is 37.7 Å². The normalized spacial score (nSPS) is 12.9. The van der Waals surface area contributed by atoms with Crippen LogP contribution in [0.2, 0.25) is 0 Å². The Morgan fingerprint density at radius 1 is 1.21 bits per heavy atom. The quantitative estimate of drug-likeness (QED) is 0.453. The fourth-order valence-corrected chi connectivity index (χ4v) is 5.66. The molecule has 0 bridgehead atoms. The first-order valence-corrected chi connectivity index (χ1v) is 12.2. The zero-order chi connectivity index (χ0) is 21.3. The van der Waals surface area contributed by atoms with Crippen molar-refractivity contribution in [1.29, 1.82) is 0 Å². The molecular weight excluding hydrogens is 524 g/mol. The van der Waals surface area contributed by atoms with E-state index in [-0.39, 0.29) is 17.1 Å². The largest absolute Gasteiger partial charge is 0.495 e. The van der Waals surface area contributed by atoms with Gasteiger partial charge >= 0.3 is 0 Å². The molecule has 2 aromatic carbocycles. The Morgan fingerprint density at radius 3 is 2.55 bits per heavy atom. The van der Waals surface area contributed by atoms with Crippen molar-refractivity contribution in [2.24, 2.45) is 0 Å². The van der Waals surface area contributed by atoms with Crippen LogP contribution < -0.4 is 10.3 Å². The number of hydrogen-bond donors (Lipinski definition) is 0. The summed E-state index contributed by atoms with van der Waals surface area (Å²) in [5.74, 6) is 0.246. The van der Waals surface area contributed by atoms with E-state index in [1.54, 1.807) is 43.3 Å². The SMILES string of the molecule is CCC(C)S(=O)(=O)Cc1nc2c(Br)cc(Br)cc2c(=O)n1-c1ccccc1OC. The van der Waals surface area contributed by atoms with Crippen LogP contribution in [0.5, 0.6) is 5.75 Å². The standard InChI is InChI=1S/C20H20Br2N2O4S/c1-4-12(2)29(26,27)11-18-23-19-14(9-13(21)10-15(19)22)20(25)24(18)16-7-5-6-8-17(16)28-3/h5-10,12H,4,11H2,1-3H3. The van der Waals surface area contributed by atoms with Crippen LogP contribution in [0.25, 0.3) is 16.6 Å². The Bertz CT molecular complexity index is 1240. The number of ether oxygens (including phenoxy) is 1. The predicted molar refractivity (Wildman–Crippen MR) is 122 cm³/mol. The minimum Gasteiger partial charge on any atom is -0.495 e. The van der Waals surface area contributed by atoms with Gasteiger partial charge in [-0.2, -0.15) is 0 Å². The Balaban J connectivity index is 2.41. The minimum absolute atomic E-state index is 0.148. The molecule has 1 unspecified atom stereocenters. The highest BCUT2D eigenvalue weighted by Crippen LogP contribution is 2.29. The number of fused-ring (bicyclic) bond motifs is 1. The summed E-state index contributed by atoms with van der Waals surface area (Å²) in [5, 5.41) is -0.184. The molecule has 0 aliphatic heterocycles. The van der Waals surface area contributed by atoms with Gasteiger partial charge in [-0.05, 0) is 53.5 Å². The number of benzene rings is 2. The molecule has 0 amide bonds. The molecule has 0 N–H and O–H groups in total. The van der Waals surface area contributed by atoms with Crippen molar-refractivity contribution >= 4 is 52.6 Å². The lowest BCUT2D eigenvalue weighted by atomic mass is 10.2.